The fraction of sp³-hybridized carbons (Fsp3) is 1.00. The number of hydrogen-bond acceptors (Lipinski definition) is 3. The third-order valence-electron chi connectivity index (χ3n) is 3.51. The highest BCUT2D eigenvalue weighted by atomic mass is 32.2. The molecule has 1 heterocycles. The smallest absolute Gasteiger partial charge is 0.0170 e. The Bertz CT molecular complexity index is 169. The normalized spacial score (nSPS) is 23.6. The third-order valence-corrected chi connectivity index (χ3v) is 4.64. The van der Waals surface area contributed by atoms with Gasteiger partial charge in [0.2, 0.25) is 0 Å². The second-order valence-electron chi connectivity index (χ2n) is 4.92. The summed E-state index contributed by atoms with van der Waals surface area (Å²) in [5.41, 5.74) is 0. The highest BCUT2D eigenvalue weighted by molar-refractivity contribution is 7.99. The molecule has 2 unspecified atom stereocenters. The SMILES string of the molecule is CCC(C)CN(CC)CCC1CSCCN1. The molecule has 0 aromatic heterocycles. The molecule has 16 heavy (non-hydrogen) atoms. The van der Waals surface area contributed by atoms with Crippen LogP contribution in [0.1, 0.15) is 33.6 Å². The molecular weight excluding hydrogens is 216 g/mol. The first-order valence-corrected chi connectivity index (χ1v) is 7.95. The summed E-state index contributed by atoms with van der Waals surface area (Å²) < 4.78 is 0. The molecule has 0 bridgehead atoms. The summed E-state index contributed by atoms with van der Waals surface area (Å²) in [4.78, 5) is 2.61. The molecule has 1 aliphatic heterocycles. The molecule has 0 aliphatic carbocycles. The second kappa shape index (κ2) is 8.37. The average molecular weight is 244 g/mol. The van der Waals surface area contributed by atoms with E-state index in [9.17, 15) is 0 Å². The molecule has 2 atom stereocenters. The van der Waals surface area contributed by atoms with Gasteiger partial charge in [0.1, 0.15) is 0 Å². The molecule has 1 N–H and O–H groups in total. The van der Waals surface area contributed by atoms with Crippen molar-refractivity contribution in [3.05, 3.63) is 0 Å². The molecule has 1 saturated heterocycles. The van der Waals surface area contributed by atoms with Crippen LogP contribution in [-0.4, -0.2) is 48.6 Å². The van der Waals surface area contributed by atoms with Gasteiger partial charge in [-0.1, -0.05) is 27.2 Å². The van der Waals surface area contributed by atoms with Crippen molar-refractivity contribution in [3.63, 3.8) is 0 Å². The minimum Gasteiger partial charge on any atom is -0.312 e. The summed E-state index contributed by atoms with van der Waals surface area (Å²) >= 11 is 2.10. The van der Waals surface area contributed by atoms with E-state index in [-0.39, 0.29) is 0 Å². The maximum atomic E-state index is 3.62. The van der Waals surface area contributed by atoms with Crippen LogP contribution in [0.3, 0.4) is 0 Å². The zero-order chi connectivity index (χ0) is 11.8. The number of hydrogen-bond donors (Lipinski definition) is 1. The van der Waals surface area contributed by atoms with Crippen LogP contribution in [0.4, 0.5) is 0 Å². The first-order chi connectivity index (χ1) is 7.76. The van der Waals surface area contributed by atoms with Gasteiger partial charge in [-0.25, -0.2) is 0 Å². The van der Waals surface area contributed by atoms with E-state index in [4.69, 9.17) is 0 Å². The Hall–Kier alpha value is 0.270. The summed E-state index contributed by atoms with van der Waals surface area (Å²) in [6.45, 7) is 11.9. The van der Waals surface area contributed by atoms with Crippen molar-refractivity contribution in [2.24, 2.45) is 5.92 Å². The average Bonchev–Trinajstić information content (AvgIpc) is 2.35. The first-order valence-electron chi connectivity index (χ1n) is 6.79. The van der Waals surface area contributed by atoms with Gasteiger partial charge >= 0.3 is 0 Å². The van der Waals surface area contributed by atoms with Gasteiger partial charge in [0.25, 0.3) is 0 Å². The lowest BCUT2D eigenvalue weighted by molar-refractivity contribution is 0.235. The molecule has 2 nitrogen and oxygen atoms in total. The lowest BCUT2D eigenvalue weighted by Crippen LogP contribution is -2.40. The van der Waals surface area contributed by atoms with Crippen molar-refractivity contribution in [3.8, 4) is 0 Å². The molecule has 1 rings (SSSR count). The molecule has 0 aromatic carbocycles. The van der Waals surface area contributed by atoms with Crippen LogP contribution in [0, 0.1) is 5.92 Å². The zero-order valence-corrected chi connectivity index (χ0v) is 12.0. The van der Waals surface area contributed by atoms with Gasteiger partial charge in [-0.2, -0.15) is 11.8 Å². The predicted octanol–water partition coefficient (Wildman–Crippen LogP) is 2.45. The van der Waals surface area contributed by atoms with Crippen LogP contribution < -0.4 is 5.32 Å². The van der Waals surface area contributed by atoms with Crippen LogP contribution in [0.2, 0.25) is 0 Å². The van der Waals surface area contributed by atoms with Gasteiger partial charge in [-0.3, -0.25) is 0 Å². The molecule has 1 aliphatic rings. The molecule has 0 saturated carbocycles. The maximum Gasteiger partial charge on any atom is 0.0170 e. The van der Waals surface area contributed by atoms with Gasteiger partial charge in [0.05, 0.1) is 0 Å². The van der Waals surface area contributed by atoms with Crippen LogP contribution in [0.15, 0.2) is 0 Å². The van der Waals surface area contributed by atoms with Crippen LogP contribution >= 0.6 is 11.8 Å². The Morgan fingerprint density at radius 2 is 2.25 bits per heavy atom. The Morgan fingerprint density at radius 3 is 2.81 bits per heavy atom. The quantitative estimate of drug-likeness (QED) is 0.740. The minimum absolute atomic E-state index is 0.754. The van der Waals surface area contributed by atoms with Gasteiger partial charge in [0.15, 0.2) is 0 Å². The highest BCUT2D eigenvalue weighted by Gasteiger charge is 2.14. The number of thioether (sulfide) groups is 1. The molecule has 0 radical (unpaired) electrons. The van der Waals surface area contributed by atoms with E-state index in [2.05, 4.69) is 42.7 Å². The third kappa shape index (κ3) is 5.55. The van der Waals surface area contributed by atoms with Crippen molar-refractivity contribution in [1.29, 1.82) is 0 Å². The second-order valence-corrected chi connectivity index (χ2v) is 6.07. The van der Waals surface area contributed by atoms with E-state index < -0.39 is 0 Å². The molecule has 0 aromatic rings. The summed E-state index contributed by atoms with van der Waals surface area (Å²) in [6.07, 6.45) is 2.62. The van der Waals surface area contributed by atoms with E-state index in [1.165, 1.54) is 50.5 Å². The monoisotopic (exact) mass is 244 g/mol. The summed E-state index contributed by atoms with van der Waals surface area (Å²) in [5, 5.41) is 3.62. The zero-order valence-electron chi connectivity index (χ0n) is 11.2. The van der Waals surface area contributed by atoms with Crippen molar-refractivity contribution >= 4 is 11.8 Å². The van der Waals surface area contributed by atoms with Gasteiger partial charge in [-0.05, 0) is 25.4 Å². The van der Waals surface area contributed by atoms with Crippen LogP contribution in [0.5, 0.6) is 0 Å². The summed E-state index contributed by atoms with van der Waals surface area (Å²) in [5.74, 6) is 3.44. The van der Waals surface area contributed by atoms with Crippen molar-refractivity contribution < 1.29 is 0 Å². The van der Waals surface area contributed by atoms with Gasteiger partial charge < -0.3 is 10.2 Å². The van der Waals surface area contributed by atoms with Gasteiger partial charge in [-0.15, -0.1) is 0 Å². The first kappa shape index (κ1) is 14.3. The van der Waals surface area contributed by atoms with E-state index in [1.807, 2.05) is 0 Å². The Balaban J connectivity index is 2.16. The van der Waals surface area contributed by atoms with E-state index in [0.717, 1.165) is 12.0 Å². The Kier molecular flexibility index (Phi) is 7.50. The number of nitrogens with zero attached hydrogens (tertiary/aromatic N) is 1. The minimum atomic E-state index is 0.754. The van der Waals surface area contributed by atoms with E-state index in [1.54, 1.807) is 0 Å². The standard InChI is InChI=1S/C13H28N2S/c1-4-12(3)10-15(5-2)8-6-13-11-16-9-7-14-13/h12-14H,4-11H2,1-3H3. The van der Waals surface area contributed by atoms with Crippen molar-refractivity contribution in [2.75, 3.05) is 37.7 Å². The predicted molar refractivity (Wildman–Crippen MR) is 75.3 cm³/mol. The van der Waals surface area contributed by atoms with Crippen molar-refractivity contribution in [1.82, 2.24) is 10.2 Å². The fourth-order valence-corrected chi connectivity index (χ4v) is 3.09. The molecule has 96 valence electrons. The van der Waals surface area contributed by atoms with E-state index >= 15 is 0 Å². The highest BCUT2D eigenvalue weighted by Crippen LogP contribution is 2.11. The molecule has 1 fully saturated rings. The molecule has 0 amide bonds. The van der Waals surface area contributed by atoms with Crippen molar-refractivity contribution in [2.45, 2.75) is 39.7 Å². The summed E-state index contributed by atoms with van der Waals surface area (Å²) in [6, 6.07) is 0.754. The summed E-state index contributed by atoms with van der Waals surface area (Å²) in [7, 11) is 0. The van der Waals surface area contributed by atoms with Gasteiger partial charge in [0, 0.05) is 30.6 Å². The number of rotatable bonds is 7. The van der Waals surface area contributed by atoms with Crippen LogP contribution in [0.25, 0.3) is 0 Å². The fourth-order valence-electron chi connectivity index (χ4n) is 2.09. The van der Waals surface area contributed by atoms with E-state index in [0.29, 0.717) is 0 Å². The number of nitrogens with one attached hydrogen (secondary N) is 1. The molecule has 3 heteroatoms. The Labute approximate surface area is 106 Å². The largest absolute Gasteiger partial charge is 0.312 e. The topological polar surface area (TPSA) is 15.3 Å². The van der Waals surface area contributed by atoms with Crippen LogP contribution in [-0.2, 0) is 0 Å². The molecular formula is C13H28N2S. The lowest BCUT2D eigenvalue weighted by atomic mass is 10.1. The molecule has 0 spiro atoms. The lowest BCUT2D eigenvalue weighted by Gasteiger charge is -2.28. The Morgan fingerprint density at radius 1 is 1.44 bits per heavy atom. The maximum absolute atomic E-state index is 3.62.